The lowest BCUT2D eigenvalue weighted by Crippen LogP contribution is -2.13. The van der Waals surface area contributed by atoms with Gasteiger partial charge in [-0.25, -0.2) is 9.50 Å². The van der Waals surface area contributed by atoms with Crippen LogP contribution in [0.1, 0.15) is 17.3 Å². The summed E-state index contributed by atoms with van der Waals surface area (Å²) in [6, 6.07) is 12.4. The topological polar surface area (TPSA) is 114 Å². The van der Waals surface area contributed by atoms with Gasteiger partial charge in [0.25, 0.3) is 11.9 Å². The lowest BCUT2D eigenvalue weighted by Gasteiger charge is -2.03. The maximum absolute atomic E-state index is 12.6. The van der Waals surface area contributed by atoms with Crippen LogP contribution in [-0.2, 0) is 4.79 Å². The Bertz CT molecular complexity index is 1400. The second kappa shape index (κ2) is 7.08. The van der Waals surface area contributed by atoms with E-state index < -0.39 is 0 Å². The fourth-order valence-corrected chi connectivity index (χ4v) is 3.86. The van der Waals surface area contributed by atoms with Crippen molar-refractivity contribution >= 4 is 50.8 Å². The normalized spacial score (nSPS) is 11.1. The van der Waals surface area contributed by atoms with Crippen molar-refractivity contribution in [3.05, 3.63) is 59.8 Å². The first-order valence-electron chi connectivity index (χ1n) is 8.94. The van der Waals surface area contributed by atoms with Crippen molar-refractivity contribution < 1.29 is 14.0 Å². The molecule has 0 bridgehead atoms. The molecule has 0 atom stereocenters. The number of hydrogen-bond donors (Lipinski definition) is 2. The van der Waals surface area contributed by atoms with Crippen LogP contribution in [0.2, 0.25) is 0 Å². The van der Waals surface area contributed by atoms with E-state index in [0.29, 0.717) is 27.3 Å². The monoisotopic (exact) mass is 418 g/mol. The fraction of sp³-hybridized carbons (Fsp3) is 0.0500. The highest BCUT2D eigenvalue weighted by Crippen LogP contribution is 2.27. The highest BCUT2D eigenvalue weighted by Gasteiger charge is 2.15. The van der Waals surface area contributed by atoms with Gasteiger partial charge in [-0.2, -0.15) is 4.98 Å². The van der Waals surface area contributed by atoms with Gasteiger partial charge in [0.05, 0.1) is 5.69 Å². The van der Waals surface area contributed by atoms with Gasteiger partial charge in [0.1, 0.15) is 5.52 Å². The standard InChI is InChI=1S/C20H14N6O3S/c1-11(27)22-14-5-2-12(3-6-14)16-9-30-20-24-19(25-26(16)20)23-18(28)13-4-7-17-15(8-13)21-10-29-17/h2-10H,1H3,(H,22,27)(H,23,25,28). The van der Waals surface area contributed by atoms with Gasteiger partial charge in [-0.05, 0) is 30.3 Å². The molecule has 0 aliphatic rings. The van der Waals surface area contributed by atoms with Crippen LogP contribution < -0.4 is 10.6 Å². The number of fused-ring (bicyclic) bond motifs is 2. The molecule has 0 saturated carbocycles. The Hall–Kier alpha value is -4.05. The van der Waals surface area contributed by atoms with Crippen LogP contribution in [0.3, 0.4) is 0 Å². The molecule has 148 valence electrons. The zero-order valence-corrected chi connectivity index (χ0v) is 16.4. The van der Waals surface area contributed by atoms with Crippen molar-refractivity contribution in [2.75, 3.05) is 10.6 Å². The number of oxazole rings is 1. The number of nitrogens with one attached hydrogen (secondary N) is 2. The second-order valence-electron chi connectivity index (χ2n) is 6.50. The fourth-order valence-electron chi connectivity index (χ4n) is 3.03. The third-order valence-electron chi connectivity index (χ3n) is 4.40. The minimum absolute atomic E-state index is 0.125. The molecule has 2 aromatic carbocycles. The molecule has 3 aromatic heterocycles. The zero-order valence-electron chi connectivity index (χ0n) is 15.6. The van der Waals surface area contributed by atoms with Gasteiger partial charge in [0.15, 0.2) is 12.0 Å². The number of anilines is 2. The number of rotatable bonds is 4. The number of benzene rings is 2. The molecule has 0 aliphatic carbocycles. The van der Waals surface area contributed by atoms with Crippen molar-refractivity contribution in [2.24, 2.45) is 0 Å². The van der Waals surface area contributed by atoms with Crippen molar-refractivity contribution in [3.8, 4) is 11.3 Å². The Morgan fingerprint density at radius 2 is 1.93 bits per heavy atom. The average Bonchev–Trinajstić information content (AvgIpc) is 3.43. The summed E-state index contributed by atoms with van der Waals surface area (Å²) >= 11 is 1.42. The van der Waals surface area contributed by atoms with Crippen molar-refractivity contribution in [3.63, 3.8) is 0 Å². The van der Waals surface area contributed by atoms with Crippen LogP contribution in [-0.4, -0.2) is 31.4 Å². The lowest BCUT2D eigenvalue weighted by atomic mass is 10.1. The van der Waals surface area contributed by atoms with E-state index in [1.165, 1.54) is 24.7 Å². The third-order valence-corrected chi connectivity index (χ3v) is 5.22. The van der Waals surface area contributed by atoms with Gasteiger partial charge in [-0.15, -0.1) is 16.4 Å². The zero-order chi connectivity index (χ0) is 20.7. The minimum Gasteiger partial charge on any atom is -0.443 e. The smallest absolute Gasteiger partial charge is 0.258 e. The molecule has 0 aliphatic heterocycles. The van der Waals surface area contributed by atoms with Gasteiger partial charge in [-0.3, -0.25) is 14.9 Å². The van der Waals surface area contributed by atoms with Crippen LogP contribution in [0.25, 0.3) is 27.3 Å². The summed E-state index contributed by atoms with van der Waals surface area (Å²) in [4.78, 5) is 32.8. The molecule has 9 nitrogen and oxygen atoms in total. The van der Waals surface area contributed by atoms with Crippen molar-refractivity contribution in [1.82, 2.24) is 19.6 Å². The molecule has 0 fully saturated rings. The van der Waals surface area contributed by atoms with E-state index in [0.717, 1.165) is 11.3 Å². The molecule has 0 unspecified atom stereocenters. The third kappa shape index (κ3) is 3.29. The first-order chi connectivity index (χ1) is 14.6. The summed E-state index contributed by atoms with van der Waals surface area (Å²) in [5, 5.41) is 11.8. The molecule has 2 N–H and O–H groups in total. The van der Waals surface area contributed by atoms with E-state index in [9.17, 15) is 9.59 Å². The maximum Gasteiger partial charge on any atom is 0.258 e. The largest absolute Gasteiger partial charge is 0.443 e. The predicted molar refractivity (Wildman–Crippen MR) is 113 cm³/mol. The molecule has 0 saturated heterocycles. The molecule has 3 heterocycles. The van der Waals surface area contributed by atoms with Crippen LogP contribution in [0.15, 0.2) is 58.7 Å². The Morgan fingerprint density at radius 3 is 2.73 bits per heavy atom. The lowest BCUT2D eigenvalue weighted by molar-refractivity contribution is -0.114. The van der Waals surface area contributed by atoms with Gasteiger partial charge in [-0.1, -0.05) is 12.1 Å². The molecule has 5 rings (SSSR count). The van der Waals surface area contributed by atoms with Gasteiger partial charge >= 0.3 is 0 Å². The second-order valence-corrected chi connectivity index (χ2v) is 7.33. The molecular formula is C20H14N6O3S. The Morgan fingerprint density at radius 1 is 1.10 bits per heavy atom. The first-order valence-corrected chi connectivity index (χ1v) is 9.82. The Kier molecular flexibility index (Phi) is 4.25. The Labute approximate surface area is 173 Å². The Balaban J connectivity index is 1.39. The van der Waals surface area contributed by atoms with E-state index >= 15 is 0 Å². The molecule has 0 radical (unpaired) electrons. The average molecular weight is 418 g/mol. The van der Waals surface area contributed by atoms with Gasteiger partial charge in [0.2, 0.25) is 10.9 Å². The number of carbonyl (C=O) groups is 2. The van der Waals surface area contributed by atoms with E-state index in [1.54, 1.807) is 22.7 Å². The summed E-state index contributed by atoms with van der Waals surface area (Å²) in [7, 11) is 0. The van der Waals surface area contributed by atoms with Crippen LogP contribution >= 0.6 is 11.3 Å². The minimum atomic E-state index is -0.334. The number of hydrogen-bond acceptors (Lipinski definition) is 7. The number of amides is 2. The summed E-state index contributed by atoms with van der Waals surface area (Å²) in [6.45, 7) is 1.46. The van der Waals surface area contributed by atoms with Crippen LogP contribution in [0, 0.1) is 0 Å². The van der Waals surface area contributed by atoms with E-state index in [1.807, 2.05) is 29.6 Å². The van der Waals surface area contributed by atoms with Crippen molar-refractivity contribution in [2.45, 2.75) is 6.92 Å². The van der Waals surface area contributed by atoms with Crippen molar-refractivity contribution in [1.29, 1.82) is 0 Å². The molecular weight excluding hydrogens is 404 g/mol. The quantitative estimate of drug-likeness (QED) is 0.459. The molecule has 30 heavy (non-hydrogen) atoms. The van der Waals surface area contributed by atoms with Crippen LogP contribution in [0.4, 0.5) is 11.6 Å². The van der Waals surface area contributed by atoms with Crippen LogP contribution in [0.5, 0.6) is 0 Å². The summed E-state index contributed by atoms with van der Waals surface area (Å²) in [5.74, 6) is -0.248. The maximum atomic E-state index is 12.6. The van der Waals surface area contributed by atoms with Gasteiger partial charge in [0, 0.05) is 29.1 Å². The number of aromatic nitrogens is 4. The summed E-state index contributed by atoms with van der Waals surface area (Å²) in [6.07, 6.45) is 1.33. The molecule has 0 spiro atoms. The molecule has 5 aromatic rings. The van der Waals surface area contributed by atoms with E-state index in [4.69, 9.17) is 4.42 Å². The summed E-state index contributed by atoms with van der Waals surface area (Å²) < 4.78 is 6.87. The predicted octanol–water partition coefficient (Wildman–Crippen LogP) is 3.81. The SMILES string of the molecule is CC(=O)Nc1ccc(-c2csc3nc(NC(=O)c4ccc5ocnc5c4)nn23)cc1. The molecule has 10 heteroatoms. The van der Waals surface area contributed by atoms with E-state index in [-0.39, 0.29) is 17.8 Å². The number of carbonyl (C=O) groups excluding carboxylic acids is 2. The summed E-state index contributed by atoms with van der Waals surface area (Å²) in [5.41, 5.74) is 4.11. The molecule has 2 amide bonds. The first kappa shape index (κ1) is 18.0. The van der Waals surface area contributed by atoms with E-state index in [2.05, 4.69) is 25.7 Å². The number of nitrogens with zero attached hydrogens (tertiary/aromatic N) is 4. The highest BCUT2D eigenvalue weighted by atomic mass is 32.1. The highest BCUT2D eigenvalue weighted by molar-refractivity contribution is 7.15. The van der Waals surface area contributed by atoms with Gasteiger partial charge < -0.3 is 9.73 Å². The number of thiazole rings is 1.